The van der Waals surface area contributed by atoms with E-state index in [0.29, 0.717) is 17.8 Å². The molecular formula is C19H22F2N2O2. The molecule has 0 unspecified atom stereocenters. The Morgan fingerprint density at radius 1 is 1.00 bits per heavy atom. The molecule has 4 bridgehead atoms. The second-order valence-electron chi connectivity index (χ2n) is 8.06. The zero-order valence-corrected chi connectivity index (χ0v) is 14.0. The molecule has 0 saturated heterocycles. The molecule has 2 N–H and O–H groups in total. The van der Waals surface area contributed by atoms with E-state index in [4.69, 9.17) is 0 Å². The fourth-order valence-electron chi connectivity index (χ4n) is 5.52. The highest BCUT2D eigenvalue weighted by Gasteiger charge is 2.54. The SMILES string of the molecule is O=C(CNC(=O)C12CC3CC(CC(C3)C1)C2)Nc1ccc(F)c(F)c1. The first kappa shape index (κ1) is 16.5. The molecule has 4 nitrogen and oxygen atoms in total. The van der Waals surface area contributed by atoms with Gasteiger partial charge in [0.15, 0.2) is 11.6 Å². The summed E-state index contributed by atoms with van der Waals surface area (Å²) in [6.07, 6.45) is 6.58. The molecule has 0 radical (unpaired) electrons. The fourth-order valence-corrected chi connectivity index (χ4v) is 5.52. The Bertz CT molecular complexity index is 684. The minimum atomic E-state index is -1.02. The van der Waals surface area contributed by atoms with Crippen molar-refractivity contribution in [3.8, 4) is 0 Å². The second kappa shape index (κ2) is 6.07. The van der Waals surface area contributed by atoms with Crippen LogP contribution in [0.3, 0.4) is 0 Å². The molecule has 25 heavy (non-hydrogen) atoms. The molecule has 4 saturated carbocycles. The summed E-state index contributed by atoms with van der Waals surface area (Å²) in [5.41, 5.74) is -0.121. The number of carbonyl (C=O) groups is 2. The standard InChI is InChI=1S/C19H22F2N2O2/c20-15-2-1-14(6-16(15)21)23-17(24)10-22-18(25)19-7-11-3-12(8-19)5-13(4-11)9-19/h1-2,6,11-13H,3-5,7-10H2,(H,22,25)(H,23,24). The highest BCUT2D eigenvalue weighted by Crippen LogP contribution is 2.60. The molecule has 4 aliphatic rings. The third kappa shape index (κ3) is 3.14. The molecule has 0 aromatic heterocycles. The Morgan fingerprint density at radius 2 is 1.60 bits per heavy atom. The van der Waals surface area contributed by atoms with Gasteiger partial charge in [-0.1, -0.05) is 0 Å². The summed E-state index contributed by atoms with van der Waals surface area (Å²) in [6, 6.07) is 3.17. The van der Waals surface area contributed by atoms with Gasteiger partial charge in [0, 0.05) is 17.2 Å². The predicted octanol–water partition coefficient (Wildman–Crippen LogP) is 3.24. The van der Waals surface area contributed by atoms with Gasteiger partial charge in [0.1, 0.15) is 0 Å². The molecule has 5 rings (SSSR count). The Morgan fingerprint density at radius 3 is 2.16 bits per heavy atom. The van der Waals surface area contributed by atoms with Crippen molar-refractivity contribution in [1.29, 1.82) is 0 Å². The van der Waals surface area contributed by atoms with E-state index in [0.717, 1.165) is 31.4 Å². The van der Waals surface area contributed by atoms with Crippen molar-refractivity contribution < 1.29 is 18.4 Å². The minimum Gasteiger partial charge on any atom is -0.347 e. The maximum absolute atomic E-state index is 13.2. The van der Waals surface area contributed by atoms with Crippen LogP contribution in [0.1, 0.15) is 38.5 Å². The molecule has 0 spiro atoms. The molecule has 134 valence electrons. The average Bonchev–Trinajstić information content (AvgIpc) is 2.55. The monoisotopic (exact) mass is 348 g/mol. The summed E-state index contributed by atoms with van der Waals surface area (Å²) < 4.78 is 26.1. The van der Waals surface area contributed by atoms with Crippen LogP contribution in [0.4, 0.5) is 14.5 Å². The van der Waals surface area contributed by atoms with Crippen LogP contribution >= 0.6 is 0 Å². The van der Waals surface area contributed by atoms with Crippen LogP contribution in [0.25, 0.3) is 0 Å². The van der Waals surface area contributed by atoms with Crippen molar-refractivity contribution in [2.24, 2.45) is 23.2 Å². The van der Waals surface area contributed by atoms with E-state index < -0.39 is 17.5 Å². The fraction of sp³-hybridized carbons (Fsp3) is 0.579. The third-order valence-electron chi connectivity index (χ3n) is 6.13. The number of hydrogen-bond donors (Lipinski definition) is 2. The molecule has 1 aromatic carbocycles. The Balaban J connectivity index is 1.34. The van der Waals surface area contributed by atoms with E-state index in [1.165, 1.54) is 25.3 Å². The van der Waals surface area contributed by atoms with Crippen molar-refractivity contribution in [2.75, 3.05) is 11.9 Å². The quantitative estimate of drug-likeness (QED) is 0.878. The van der Waals surface area contributed by atoms with Crippen LogP contribution in [0.15, 0.2) is 18.2 Å². The number of amides is 2. The number of halogens is 2. The van der Waals surface area contributed by atoms with Crippen LogP contribution in [-0.4, -0.2) is 18.4 Å². The lowest BCUT2D eigenvalue weighted by atomic mass is 9.49. The molecule has 0 heterocycles. The van der Waals surface area contributed by atoms with E-state index in [9.17, 15) is 18.4 Å². The summed E-state index contributed by atoms with van der Waals surface area (Å²) in [5, 5.41) is 5.25. The van der Waals surface area contributed by atoms with Crippen molar-refractivity contribution in [3.05, 3.63) is 29.8 Å². The van der Waals surface area contributed by atoms with Gasteiger partial charge in [-0.25, -0.2) is 8.78 Å². The molecule has 0 aliphatic heterocycles. The molecule has 4 fully saturated rings. The van der Waals surface area contributed by atoms with Gasteiger partial charge < -0.3 is 10.6 Å². The Labute approximate surface area is 145 Å². The molecular weight excluding hydrogens is 326 g/mol. The second-order valence-corrected chi connectivity index (χ2v) is 8.06. The normalized spacial score (nSPS) is 32.5. The maximum Gasteiger partial charge on any atom is 0.243 e. The van der Waals surface area contributed by atoms with Crippen LogP contribution < -0.4 is 10.6 Å². The summed E-state index contributed by atoms with van der Waals surface area (Å²) in [4.78, 5) is 24.7. The van der Waals surface area contributed by atoms with Crippen LogP contribution in [0.2, 0.25) is 0 Å². The van der Waals surface area contributed by atoms with Gasteiger partial charge in [0.05, 0.1) is 6.54 Å². The molecule has 0 atom stereocenters. The largest absolute Gasteiger partial charge is 0.347 e. The van der Waals surface area contributed by atoms with Crippen molar-refractivity contribution in [1.82, 2.24) is 5.32 Å². The van der Waals surface area contributed by atoms with Crippen molar-refractivity contribution in [3.63, 3.8) is 0 Å². The van der Waals surface area contributed by atoms with Gasteiger partial charge in [-0.15, -0.1) is 0 Å². The molecule has 2 amide bonds. The van der Waals surface area contributed by atoms with Gasteiger partial charge in [-0.05, 0) is 68.4 Å². The number of rotatable bonds is 4. The lowest BCUT2D eigenvalue weighted by molar-refractivity contribution is -0.146. The topological polar surface area (TPSA) is 58.2 Å². The van der Waals surface area contributed by atoms with Crippen molar-refractivity contribution >= 4 is 17.5 Å². The van der Waals surface area contributed by atoms with Gasteiger partial charge in [0.2, 0.25) is 11.8 Å². The number of hydrogen-bond acceptors (Lipinski definition) is 2. The van der Waals surface area contributed by atoms with Gasteiger partial charge >= 0.3 is 0 Å². The first-order valence-electron chi connectivity index (χ1n) is 8.97. The smallest absolute Gasteiger partial charge is 0.243 e. The van der Waals surface area contributed by atoms with Crippen LogP contribution in [0, 0.1) is 34.8 Å². The number of nitrogens with one attached hydrogen (secondary N) is 2. The van der Waals surface area contributed by atoms with E-state index >= 15 is 0 Å². The maximum atomic E-state index is 13.2. The van der Waals surface area contributed by atoms with E-state index in [1.54, 1.807) is 0 Å². The molecule has 4 aliphatic carbocycles. The van der Waals surface area contributed by atoms with E-state index in [-0.39, 0.29) is 23.6 Å². The first-order chi connectivity index (χ1) is 11.9. The number of carbonyl (C=O) groups excluding carboxylic acids is 2. The zero-order chi connectivity index (χ0) is 17.6. The first-order valence-corrected chi connectivity index (χ1v) is 8.97. The Kier molecular flexibility index (Phi) is 4.01. The summed E-state index contributed by atoms with van der Waals surface area (Å²) >= 11 is 0. The summed E-state index contributed by atoms with van der Waals surface area (Å²) in [5.74, 6) is -0.464. The lowest BCUT2D eigenvalue weighted by Crippen LogP contribution is -2.54. The highest BCUT2D eigenvalue weighted by molar-refractivity contribution is 5.95. The molecule has 6 heteroatoms. The third-order valence-corrected chi connectivity index (χ3v) is 6.13. The summed E-state index contributed by atoms with van der Waals surface area (Å²) in [7, 11) is 0. The van der Waals surface area contributed by atoms with Gasteiger partial charge in [-0.3, -0.25) is 9.59 Å². The lowest BCUT2D eigenvalue weighted by Gasteiger charge is -2.55. The van der Waals surface area contributed by atoms with E-state index in [2.05, 4.69) is 10.6 Å². The average molecular weight is 348 g/mol. The van der Waals surface area contributed by atoms with Crippen LogP contribution in [-0.2, 0) is 9.59 Å². The number of anilines is 1. The van der Waals surface area contributed by atoms with Gasteiger partial charge in [0.25, 0.3) is 0 Å². The van der Waals surface area contributed by atoms with E-state index in [1.807, 2.05) is 0 Å². The molecule has 1 aromatic rings. The minimum absolute atomic E-state index is 0.0213. The predicted molar refractivity (Wildman–Crippen MR) is 88.6 cm³/mol. The Hall–Kier alpha value is -1.98. The number of benzene rings is 1. The summed E-state index contributed by atoms with van der Waals surface area (Å²) in [6.45, 7) is -0.153. The van der Waals surface area contributed by atoms with Crippen LogP contribution in [0.5, 0.6) is 0 Å². The highest BCUT2D eigenvalue weighted by atomic mass is 19.2. The van der Waals surface area contributed by atoms with Gasteiger partial charge in [-0.2, -0.15) is 0 Å². The van der Waals surface area contributed by atoms with Crippen molar-refractivity contribution in [2.45, 2.75) is 38.5 Å². The zero-order valence-electron chi connectivity index (χ0n) is 14.0.